The van der Waals surface area contributed by atoms with Gasteiger partial charge in [-0.15, -0.1) is 0 Å². The Morgan fingerprint density at radius 3 is 2.74 bits per heavy atom. The summed E-state index contributed by atoms with van der Waals surface area (Å²) in [4.78, 5) is 26.2. The van der Waals surface area contributed by atoms with Crippen LogP contribution in [0.4, 0.5) is 4.79 Å². The molecule has 0 saturated carbocycles. The monoisotopic (exact) mass is 494 g/mol. The summed E-state index contributed by atoms with van der Waals surface area (Å²) >= 11 is 5.66. The van der Waals surface area contributed by atoms with Crippen molar-refractivity contribution in [2.24, 2.45) is 0 Å². The zero-order valence-corrected chi connectivity index (χ0v) is 17.1. The smallest absolute Gasteiger partial charge is 0.407 e. The minimum absolute atomic E-state index is 0.0242. The highest BCUT2D eigenvalue weighted by molar-refractivity contribution is 14.1. The van der Waals surface area contributed by atoms with Gasteiger partial charge < -0.3 is 15.0 Å². The van der Waals surface area contributed by atoms with Crippen molar-refractivity contribution in [1.29, 1.82) is 0 Å². The lowest BCUT2D eigenvalue weighted by molar-refractivity contribution is 0.0502. The van der Waals surface area contributed by atoms with E-state index in [0.717, 1.165) is 14.5 Å². The summed E-state index contributed by atoms with van der Waals surface area (Å²) in [5.74, 6) is -0.0242. The number of amides is 2. The molecule has 1 unspecified atom stereocenters. The van der Waals surface area contributed by atoms with Crippen LogP contribution in [0.1, 0.15) is 37.6 Å². The number of hydrogen-bond donors (Lipinski definition) is 1. The van der Waals surface area contributed by atoms with E-state index < -0.39 is 11.7 Å². The Labute approximate surface area is 158 Å². The van der Waals surface area contributed by atoms with Crippen LogP contribution in [0.3, 0.4) is 0 Å². The summed E-state index contributed by atoms with van der Waals surface area (Å²) in [6.07, 6.45) is 0.291. The summed E-state index contributed by atoms with van der Waals surface area (Å²) in [5, 5.41) is 2.83. The third-order valence-corrected chi connectivity index (χ3v) is 5.87. The average Bonchev–Trinajstić information content (AvgIpc) is 2.87. The Balaban J connectivity index is 1.96. The molecule has 0 radical (unpaired) electrons. The SMILES string of the molecule is CC(C)(C)OC(=O)NC1CCN(C(=O)c2cccc(I)c2Br)C1. The molecule has 1 aliphatic heterocycles. The van der Waals surface area contributed by atoms with Crippen LogP contribution < -0.4 is 5.32 Å². The van der Waals surface area contributed by atoms with Gasteiger partial charge in [0.2, 0.25) is 0 Å². The molecule has 2 rings (SSSR count). The minimum atomic E-state index is -0.524. The van der Waals surface area contributed by atoms with E-state index in [1.165, 1.54) is 0 Å². The molecule has 1 aromatic carbocycles. The van der Waals surface area contributed by atoms with Crippen LogP contribution in [0, 0.1) is 3.57 Å². The van der Waals surface area contributed by atoms with Crippen LogP contribution in [0.5, 0.6) is 0 Å². The van der Waals surface area contributed by atoms with Crippen molar-refractivity contribution < 1.29 is 14.3 Å². The van der Waals surface area contributed by atoms with Gasteiger partial charge in [-0.05, 0) is 77.8 Å². The first-order chi connectivity index (χ1) is 10.7. The lowest BCUT2D eigenvalue weighted by atomic mass is 10.2. The van der Waals surface area contributed by atoms with Gasteiger partial charge in [-0.2, -0.15) is 0 Å². The van der Waals surface area contributed by atoms with Crippen LogP contribution in [-0.4, -0.2) is 41.6 Å². The van der Waals surface area contributed by atoms with E-state index in [4.69, 9.17) is 4.74 Å². The highest BCUT2D eigenvalue weighted by atomic mass is 127. The number of halogens is 2. The fourth-order valence-corrected chi connectivity index (χ4v) is 3.31. The zero-order chi connectivity index (χ0) is 17.2. The molecule has 0 spiro atoms. The maximum atomic E-state index is 12.6. The van der Waals surface area contributed by atoms with Crippen molar-refractivity contribution in [3.8, 4) is 0 Å². The molecule has 1 fully saturated rings. The van der Waals surface area contributed by atoms with Crippen molar-refractivity contribution in [3.63, 3.8) is 0 Å². The molecule has 1 aliphatic rings. The van der Waals surface area contributed by atoms with Crippen molar-refractivity contribution in [1.82, 2.24) is 10.2 Å². The molecule has 126 valence electrons. The molecule has 1 N–H and O–H groups in total. The molecule has 2 amide bonds. The van der Waals surface area contributed by atoms with Gasteiger partial charge in [0.25, 0.3) is 5.91 Å². The molecule has 1 aromatic rings. The largest absolute Gasteiger partial charge is 0.444 e. The molecule has 0 aliphatic carbocycles. The van der Waals surface area contributed by atoms with Crippen LogP contribution in [0.2, 0.25) is 0 Å². The predicted molar refractivity (Wildman–Crippen MR) is 101 cm³/mol. The van der Waals surface area contributed by atoms with E-state index in [1.54, 1.807) is 4.90 Å². The molecule has 7 heteroatoms. The van der Waals surface area contributed by atoms with Crippen molar-refractivity contribution >= 4 is 50.5 Å². The average molecular weight is 495 g/mol. The minimum Gasteiger partial charge on any atom is -0.444 e. The van der Waals surface area contributed by atoms with E-state index in [-0.39, 0.29) is 11.9 Å². The number of benzene rings is 1. The van der Waals surface area contributed by atoms with Gasteiger partial charge in [0, 0.05) is 21.1 Å². The number of carbonyl (C=O) groups is 2. The molecule has 23 heavy (non-hydrogen) atoms. The van der Waals surface area contributed by atoms with Gasteiger partial charge in [-0.25, -0.2) is 4.79 Å². The fraction of sp³-hybridized carbons (Fsp3) is 0.500. The second-order valence-corrected chi connectivity index (χ2v) is 8.44. The topological polar surface area (TPSA) is 58.6 Å². The van der Waals surface area contributed by atoms with Gasteiger partial charge in [0.15, 0.2) is 0 Å². The van der Waals surface area contributed by atoms with Gasteiger partial charge in [0.1, 0.15) is 5.60 Å². The van der Waals surface area contributed by atoms with Gasteiger partial charge in [-0.1, -0.05) is 6.07 Å². The van der Waals surface area contributed by atoms with E-state index in [1.807, 2.05) is 39.0 Å². The molecule has 0 aromatic heterocycles. The highest BCUT2D eigenvalue weighted by Crippen LogP contribution is 2.25. The van der Waals surface area contributed by atoms with Gasteiger partial charge in [-0.3, -0.25) is 4.79 Å². The molecule has 1 heterocycles. The zero-order valence-electron chi connectivity index (χ0n) is 13.4. The molecule has 5 nitrogen and oxygen atoms in total. The number of nitrogens with one attached hydrogen (secondary N) is 1. The Morgan fingerprint density at radius 2 is 2.09 bits per heavy atom. The lowest BCUT2D eigenvalue weighted by Crippen LogP contribution is -2.41. The lowest BCUT2D eigenvalue weighted by Gasteiger charge is -2.22. The van der Waals surface area contributed by atoms with Gasteiger partial charge >= 0.3 is 6.09 Å². The summed E-state index contributed by atoms with van der Waals surface area (Å²) in [7, 11) is 0. The number of hydrogen-bond acceptors (Lipinski definition) is 3. The molecule has 0 bridgehead atoms. The Hall–Kier alpha value is -0.830. The van der Waals surface area contributed by atoms with Crippen molar-refractivity contribution in [2.45, 2.75) is 38.8 Å². The number of alkyl carbamates (subject to hydrolysis) is 1. The Morgan fingerprint density at radius 1 is 1.39 bits per heavy atom. The first kappa shape index (κ1) is 18.5. The second kappa shape index (κ2) is 7.38. The number of rotatable bonds is 2. The fourth-order valence-electron chi connectivity index (χ4n) is 2.38. The van der Waals surface area contributed by atoms with Gasteiger partial charge in [0.05, 0.1) is 11.6 Å². The quantitative estimate of drug-likeness (QED) is 0.636. The van der Waals surface area contributed by atoms with E-state index >= 15 is 0 Å². The predicted octanol–water partition coefficient (Wildman–Crippen LogP) is 3.79. The maximum Gasteiger partial charge on any atom is 0.407 e. The number of likely N-dealkylation sites (tertiary alicyclic amines) is 1. The van der Waals surface area contributed by atoms with Crippen LogP contribution >= 0.6 is 38.5 Å². The molecular weight excluding hydrogens is 475 g/mol. The summed E-state index contributed by atoms with van der Waals surface area (Å²) in [6.45, 7) is 6.59. The first-order valence-electron chi connectivity index (χ1n) is 7.40. The van der Waals surface area contributed by atoms with Crippen LogP contribution in [0.15, 0.2) is 22.7 Å². The van der Waals surface area contributed by atoms with Crippen molar-refractivity contribution in [3.05, 3.63) is 31.8 Å². The summed E-state index contributed by atoms with van der Waals surface area (Å²) in [5.41, 5.74) is 0.124. The second-order valence-electron chi connectivity index (χ2n) is 6.48. The molecule has 1 saturated heterocycles. The van der Waals surface area contributed by atoms with E-state index in [2.05, 4.69) is 43.8 Å². The normalized spacial score (nSPS) is 18.0. The van der Waals surface area contributed by atoms with E-state index in [9.17, 15) is 9.59 Å². The molecular formula is C16H20BrIN2O3. The first-order valence-corrected chi connectivity index (χ1v) is 9.27. The Bertz CT molecular complexity index is 616. The molecule has 1 atom stereocenters. The van der Waals surface area contributed by atoms with Crippen LogP contribution in [-0.2, 0) is 4.74 Å². The summed E-state index contributed by atoms with van der Waals surface area (Å²) in [6, 6.07) is 5.55. The number of nitrogens with zero attached hydrogens (tertiary/aromatic N) is 1. The number of carbonyl (C=O) groups excluding carboxylic acids is 2. The number of ether oxygens (including phenoxy) is 1. The van der Waals surface area contributed by atoms with Crippen molar-refractivity contribution in [2.75, 3.05) is 13.1 Å². The third kappa shape index (κ3) is 5.07. The van der Waals surface area contributed by atoms with Crippen LogP contribution in [0.25, 0.3) is 0 Å². The Kier molecular flexibility index (Phi) is 5.94. The summed E-state index contributed by atoms with van der Waals surface area (Å²) < 4.78 is 7.06. The standard InChI is InChI=1S/C16H20BrIN2O3/c1-16(2,3)23-15(22)19-10-7-8-20(9-10)14(21)11-5-4-6-12(18)13(11)17/h4-6,10H,7-9H2,1-3H3,(H,19,22). The highest BCUT2D eigenvalue weighted by Gasteiger charge is 2.30. The van der Waals surface area contributed by atoms with E-state index in [0.29, 0.717) is 18.7 Å². The third-order valence-electron chi connectivity index (χ3n) is 3.38. The maximum absolute atomic E-state index is 12.6.